The molecular weight excluding hydrogens is 216 g/mol. The normalized spacial score (nSPS) is 25.1. The summed E-state index contributed by atoms with van der Waals surface area (Å²) >= 11 is 6.95. The molecule has 1 heterocycles. The van der Waals surface area contributed by atoms with Gasteiger partial charge in [0.15, 0.2) is 6.29 Å². The van der Waals surface area contributed by atoms with Crippen molar-refractivity contribution in [1.29, 1.82) is 0 Å². The van der Waals surface area contributed by atoms with Gasteiger partial charge in [0.25, 0.3) is 0 Å². The average molecular weight is 232 g/mol. The Bertz CT molecular complexity index is 243. The summed E-state index contributed by atoms with van der Waals surface area (Å²) in [6.45, 7) is 4.89. The number of carbonyl (C=O) groups excluding carboxylic acids is 1. The molecular formula is C9H16N2OS2. The van der Waals surface area contributed by atoms with E-state index in [4.69, 9.17) is 12.2 Å². The summed E-state index contributed by atoms with van der Waals surface area (Å²) in [7, 11) is 1.86. The Hall–Kier alpha value is -0.130. The number of thiocarbonyl (C=S) groups is 1. The summed E-state index contributed by atoms with van der Waals surface area (Å²) in [4.78, 5) is 13.7. The Balaban J connectivity index is 2.79. The van der Waals surface area contributed by atoms with Crippen LogP contribution in [-0.2, 0) is 4.79 Å². The molecule has 1 N–H and O–H groups in total. The van der Waals surface area contributed by atoms with Crippen molar-refractivity contribution in [3.8, 4) is 0 Å². The number of nitrogens with one attached hydrogen (secondary N) is 1. The number of nitrogens with zero attached hydrogens (tertiary/aromatic N) is 1. The minimum Gasteiger partial charge on any atom is -0.341 e. The molecule has 1 aliphatic heterocycles. The Morgan fingerprint density at radius 1 is 1.79 bits per heavy atom. The van der Waals surface area contributed by atoms with Gasteiger partial charge in [0.1, 0.15) is 5.37 Å². The summed E-state index contributed by atoms with van der Waals surface area (Å²) in [6.07, 6.45) is 0.974. The first-order valence-corrected chi connectivity index (χ1v) is 6.02. The average Bonchev–Trinajstić information content (AvgIpc) is 2.41. The highest BCUT2D eigenvalue weighted by atomic mass is 32.2. The molecule has 0 aromatic carbocycles. The topological polar surface area (TPSA) is 32.3 Å². The van der Waals surface area contributed by atoms with Crippen LogP contribution in [0, 0.1) is 0 Å². The second-order valence-electron chi connectivity index (χ2n) is 3.94. The lowest BCUT2D eigenvalue weighted by Crippen LogP contribution is -2.50. The minimum atomic E-state index is -0.106. The van der Waals surface area contributed by atoms with Crippen LogP contribution in [0.15, 0.2) is 0 Å². The van der Waals surface area contributed by atoms with Crippen molar-refractivity contribution in [3.63, 3.8) is 0 Å². The number of aldehydes is 1. The van der Waals surface area contributed by atoms with E-state index in [1.807, 2.05) is 11.9 Å². The molecule has 1 saturated heterocycles. The zero-order valence-corrected chi connectivity index (χ0v) is 10.4. The second kappa shape index (κ2) is 4.59. The van der Waals surface area contributed by atoms with Crippen molar-refractivity contribution in [2.45, 2.75) is 24.8 Å². The third kappa shape index (κ3) is 2.27. The van der Waals surface area contributed by atoms with E-state index in [0.29, 0.717) is 6.54 Å². The van der Waals surface area contributed by atoms with Gasteiger partial charge in [-0.1, -0.05) is 12.2 Å². The van der Waals surface area contributed by atoms with Crippen LogP contribution < -0.4 is 5.32 Å². The van der Waals surface area contributed by atoms with Crippen LogP contribution in [-0.4, -0.2) is 46.4 Å². The van der Waals surface area contributed by atoms with Gasteiger partial charge >= 0.3 is 0 Å². The van der Waals surface area contributed by atoms with E-state index in [2.05, 4.69) is 19.2 Å². The van der Waals surface area contributed by atoms with Crippen molar-refractivity contribution in [2.75, 3.05) is 19.3 Å². The molecule has 0 bridgehead atoms. The van der Waals surface area contributed by atoms with Crippen molar-refractivity contribution in [3.05, 3.63) is 0 Å². The molecule has 1 aliphatic rings. The van der Waals surface area contributed by atoms with Gasteiger partial charge in [-0.2, -0.15) is 0 Å². The van der Waals surface area contributed by atoms with Gasteiger partial charge in [-0.25, -0.2) is 0 Å². The van der Waals surface area contributed by atoms with Crippen LogP contribution in [0.25, 0.3) is 0 Å². The number of hydrogen-bond acceptors (Lipinski definition) is 4. The number of thioether (sulfide) groups is 1. The molecule has 0 aliphatic carbocycles. The molecule has 0 spiro atoms. The molecule has 3 nitrogen and oxygen atoms in total. The van der Waals surface area contributed by atoms with Crippen molar-refractivity contribution in [1.82, 2.24) is 10.2 Å². The maximum atomic E-state index is 10.9. The first-order valence-electron chi connectivity index (χ1n) is 4.56. The summed E-state index contributed by atoms with van der Waals surface area (Å²) in [6, 6.07) is 0. The van der Waals surface area contributed by atoms with Crippen molar-refractivity contribution in [2.24, 2.45) is 0 Å². The maximum absolute atomic E-state index is 10.9. The van der Waals surface area contributed by atoms with Crippen LogP contribution in [0.2, 0.25) is 0 Å². The number of likely N-dealkylation sites (N-methyl/N-ethyl adjacent to an activating group) is 1. The molecule has 5 heteroatoms. The molecule has 0 amide bonds. The zero-order chi connectivity index (χ0) is 10.8. The largest absolute Gasteiger partial charge is 0.341 e. The maximum Gasteiger partial charge on any atom is 0.152 e. The van der Waals surface area contributed by atoms with Crippen molar-refractivity contribution < 1.29 is 4.79 Å². The lowest BCUT2D eigenvalue weighted by atomic mass is 10.1. The van der Waals surface area contributed by atoms with Crippen LogP contribution in [0.3, 0.4) is 0 Å². The Morgan fingerprint density at radius 2 is 2.43 bits per heavy atom. The zero-order valence-electron chi connectivity index (χ0n) is 8.74. The van der Waals surface area contributed by atoms with Gasteiger partial charge in [0.05, 0.1) is 4.99 Å². The third-order valence-electron chi connectivity index (χ3n) is 2.23. The predicted molar refractivity (Wildman–Crippen MR) is 64.8 cm³/mol. The summed E-state index contributed by atoms with van der Waals surface area (Å²) in [5.74, 6) is 0.945. The monoisotopic (exact) mass is 232 g/mol. The molecule has 80 valence electrons. The van der Waals surface area contributed by atoms with E-state index in [0.717, 1.165) is 17.0 Å². The molecule has 1 unspecified atom stereocenters. The van der Waals surface area contributed by atoms with E-state index >= 15 is 0 Å². The minimum absolute atomic E-state index is 0.00975. The Kier molecular flexibility index (Phi) is 3.92. The lowest BCUT2D eigenvalue weighted by molar-refractivity contribution is -0.109. The van der Waals surface area contributed by atoms with E-state index in [1.54, 1.807) is 11.8 Å². The van der Waals surface area contributed by atoms with Gasteiger partial charge in [-0.05, 0) is 20.9 Å². The highest BCUT2D eigenvalue weighted by Crippen LogP contribution is 2.35. The first-order chi connectivity index (χ1) is 6.53. The Labute approximate surface area is 94.6 Å². The quantitative estimate of drug-likeness (QED) is 0.577. The van der Waals surface area contributed by atoms with Gasteiger partial charge in [-0.3, -0.25) is 0 Å². The van der Waals surface area contributed by atoms with Crippen molar-refractivity contribution >= 4 is 35.3 Å². The first kappa shape index (κ1) is 11.9. The van der Waals surface area contributed by atoms with E-state index in [9.17, 15) is 4.79 Å². The number of carbonyl (C=O) groups is 1. The molecule has 0 aromatic rings. The molecule has 0 aromatic heterocycles. The summed E-state index contributed by atoms with van der Waals surface area (Å²) < 4.78 is 0. The molecule has 0 saturated carbocycles. The molecule has 0 radical (unpaired) electrons. The Morgan fingerprint density at radius 3 is 2.93 bits per heavy atom. The predicted octanol–water partition coefficient (Wildman–Crippen LogP) is 0.886. The fourth-order valence-electron chi connectivity index (χ4n) is 1.59. The number of hydrogen-bond donors (Lipinski definition) is 1. The second-order valence-corrected chi connectivity index (χ2v) is 5.52. The lowest BCUT2D eigenvalue weighted by Gasteiger charge is -2.35. The molecule has 1 atom stereocenters. The highest BCUT2D eigenvalue weighted by molar-refractivity contribution is 8.00. The van der Waals surface area contributed by atoms with Crippen LogP contribution >= 0.6 is 24.0 Å². The molecule has 1 fully saturated rings. The van der Waals surface area contributed by atoms with E-state index < -0.39 is 0 Å². The van der Waals surface area contributed by atoms with Crippen LogP contribution in [0.4, 0.5) is 0 Å². The SMILES string of the molecule is CNCC(=S)N1C(C=O)SCC1(C)C. The summed E-state index contributed by atoms with van der Waals surface area (Å²) in [5, 5.41) is 2.91. The standard InChI is InChI=1S/C9H16N2OS2/c1-9(2)6-14-8(5-12)11(9)7(13)4-10-3/h5,8,10H,4,6H2,1-3H3. The third-order valence-corrected chi connectivity index (χ3v) is 4.10. The van der Waals surface area contributed by atoms with Gasteiger partial charge < -0.3 is 15.0 Å². The highest BCUT2D eigenvalue weighted by Gasteiger charge is 2.40. The van der Waals surface area contributed by atoms with Gasteiger partial charge in [0.2, 0.25) is 0 Å². The van der Waals surface area contributed by atoms with E-state index in [-0.39, 0.29) is 10.9 Å². The fraction of sp³-hybridized carbons (Fsp3) is 0.778. The van der Waals surface area contributed by atoms with Crippen LogP contribution in [0.5, 0.6) is 0 Å². The van der Waals surface area contributed by atoms with Gasteiger partial charge in [-0.15, -0.1) is 11.8 Å². The molecule has 1 rings (SSSR count). The molecule has 14 heavy (non-hydrogen) atoms. The van der Waals surface area contributed by atoms with Gasteiger partial charge in [0, 0.05) is 17.8 Å². The van der Waals surface area contributed by atoms with Crippen LogP contribution in [0.1, 0.15) is 13.8 Å². The fourth-order valence-corrected chi connectivity index (χ4v) is 3.52. The summed E-state index contributed by atoms with van der Waals surface area (Å²) in [5.41, 5.74) is -0.00975. The smallest absolute Gasteiger partial charge is 0.152 e. The van der Waals surface area contributed by atoms with E-state index in [1.165, 1.54) is 0 Å². The number of rotatable bonds is 3.